The molecule has 0 bridgehead atoms. The first-order chi connectivity index (χ1) is 13.4. The average Bonchev–Trinajstić information content (AvgIpc) is 2.67. The normalized spacial score (nSPS) is 10.9. The second kappa shape index (κ2) is 8.76. The van der Waals surface area contributed by atoms with Crippen LogP contribution in [0, 0.1) is 13.8 Å². The van der Waals surface area contributed by atoms with Crippen molar-refractivity contribution < 1.29 is 0 Å². The Morgan fingerprint density at radius 3 is 2.54 bits per heavy atom. The van der Waals surface area contributed by atoms with Gasteiger partial charge in [0.05, 0.1) is 12.1 Å². The SMILES string of the molecule is CCNC(=S)N(Cc1ccc(Cl)cc1)Cc1cc2ccc(C)c(C)c2[nH]c1=O. The molecule has 3 rings (SSSR count). The van der Waals surface area contributed by atoms with Crippen molar-refractivity contribution in [3.8, 4) is 0 Å². The molecule has 28 heavy (non-hydrogen) atoms. The van der Waals surface area contributed by atoms with Crippen molar-refractivity contribution in [2.24, 2.45) is 0 Å². The first-order valence-corrected chi connectivity index (χ1v) is 10.1. The number of hydrogen-bond acceptors (Lipinski definition) is 2. The molecule has 0 aliphatic carbocycles. The highest BCUT2D eigenvalue weighted by Crippen LogP contribution is 2.20. The first kappa shape index (κ1) is 20.4. The molecule has 0 saturated carbocycles. The van der Waals surface area contributed by atoms with Gasteiger partial charge in [0.2, 0.25) is 0 Å². The molecule has 4 nitrogen and oxygen atoms in total. The number of rotatable bonds is 5. The molecular formula is C22H24ClN3OS. The van der Waals surface area contributed by atoms with Gasteiger partial charge in [0.1, 0.15) is 0 Å². The lowest BCUT2D eigenvalue weighted by molar-refractivity contribution is 0.398. The third kappa shape index (κ3) is 4.54. The summed E-state index contributed by atoms with van der Waals surface area (Å²) in [5.41, 5.74) is 4.84. The van der Waals surface area contributed by atoms with Gasteiger partial charge in [-0.3, -0.25) is 4.79 Å². The van der Waals surface area contributed by atoms with Gasteiger partial charge >= 0.3 is 0 Å². The highest BCUT2D eigenvalue weighted by Gasteiger charge is 2.14. The van der Waals surface area contributed by atoms with Crippen molar-refractivity contribution in [2.75, 3.05) is 6.54 Å². The molecule has 0 fully saturated rings. The third-order valence-electron chi connectivity index (χ3n) is 4.89. The van der Waals surface area contributed by atoms with Crippen LogP contribution in [0.2, 0.25) is 5.02 Å². The van der Waals surface area contributed by atoms with Gasteiger partial charge in [-0.25, -0.2) is 0 Å². The van der Waals surface area contributed by atoms with E-state index < -0.39 is 0 Å². The molecule has 0 unspecified atom stereocenters. The van der Waals surface area contributed by atoms with Gasteiger partial charge in [0, 0.05) is 23.7 Å². The number of halogens is 1. The van der Waals surface area contributed by atoms with Crippen molar-refractivity contribution in [3.63, 3.8) is 0 Å². The van der Waals surface area contributed by atoms with Crippen molar-refractivity contribution in [1.82, 2.24) is 15.2 Å². The second-order valence-electron chi connectivity index (χ2n) is 6.91. The van der Waals surface area contributed by atoms with Gasteiger partial charge in [-0.1, -0.05) is 35.9 Å². The molecule has 2 N–H and O–H groups in total. The molecule has 0 amide bonds. The quantitative estimate of drug-likeness (QED) is 0.595. The minimum atomic E-state index is -0.0818. The van der Waals surface area contributed by atoms with E-state index in [1.165, 1.54) is 0 Å². The zero-order valence-electron chi connectivity index (χ0n) is 16.3. The van der Waals surface area contributed by atoms with Crippen molar-refractivity contribution in [3.05, 3.63) is 80.1 Å². The van der Waals surface area contributed by atoms with Crippen LogP contribution in [-0.2, 0) is 13.1 Å². The van der Waals surface area contributed by atoms with Crippen LogP contribution in [0.1, 0.15) is 29.2 Å². The Balaban J connectivity index is 1.94. The summed E-state index contributed by atoms with van der Waals surface area (Å²) in [6.07, 6.45) is 0. The van der Waals surface area contributed by atoms with Crippen LogP contribution in [0.3, 0.4) is 0 Å². The van der Waals surface area contributed by atoms with E-state index in [-0.39, 0.29) is 5.56 Å². The predicted octanol–water partition coefficient (Wildman–Crippen LogP) is 4.69. The van der Waals surface area contributed by atoms with E-state index in [1.807, 2.05) is 62.1 Å². The van der Waals surface area contributed by atoms with Crippen LogP contribution < -0.4 is 10.9 Å². The Morgan fingerprint density at radius 1 is 1.14 bits per heavy atom. The Bertz CT molecular complexity index is 1060. The summed E-state index contributed by atoms with van der Waals surface area (Å²) in [4.78, 5) is 17.8. The fourth-order valence-electron chi connectivity index (χ4n) is 3.17. The number of nitrogens with zero attached hydrogens (tertiary/aromatic N) is 1. The molecule has 146 valence electrons. The number of thiocarbonyl (C=S) groups is 1. The second-order valence-corrected chi connectivity index (χ2v) is 7.74. The van der Waals surface area contributed by atoms with Gasteiger partial charge in [0.15, 0.2) is 5.11 Å². The van der Waals surface area contributed by atoms with Crippen molar-refractivity contribution in [2.45, 2.75) is 33.9 Å². The summed E-state index contributed by atoms with van der Waals surface area (Å²) in [5.74, 6) is 0. The van der Waals surface area contributed by atoms with Gasteiger partial charge < -0.3 is 15.2 Å². The van der Waals surface area contributed by atoms with Crippen LogP contribution in [-0.4, -0.2) is 21.5 Å². The smallest absolute Gasteiger partial charge is 0.253 e. The largest absolute Gasteiger partial charge is 0.363 e. The number of pyridine rings is 1. The maximum Gasteiger partial charge on any atom is 0.253 e. The Morgan fingerprint density at radius 2 is 1.86 bits per heavy atom. The first-order valence-electron chi connectivity index (χ1n) is 9.28. The van der Waals surface area contributed by atoms with E-state index in [0.29, 0.717) is 28.8 Å². The zero-order chi connectivity index (χ0) is 20.3. The van der Waals surface area contributed by atoms with Gasteiger partial charge in [-0.15, -0.1) is 0 Å². The number of aromatic nitrogens is 1. The van der Waals surface area contributed by atoms with Crippen molar-refractivity contribution >= 4 is 39.8 Å². The average molecular weight is 414 g/mol. The Labute approximate surface area is 175 Å². The number of H-pyrrole nitrogens is 1. The Kier molecular flexibility index (Phi) is 6.37. The maximum atomic E-state index is 12.7. The number of benzene rings is 2. The molecule has 0 spiro atoms. The van der Waals surface area contributed by atoms with Crippen LogP contribution in [0.5, 0.6) is 0 Å². The molecule has 0 atom stereocenters. The van der Waals surface area contributed by atoms with Crippen LogP contribution in [0.15, 0.2) is 47.3 Å². The molecule has 2 aromatic carbocycles. The fourth-order valence-corrected chi connectivity index (χ4v) is 3.57. The van der Waals surface area contributed by atoms with Gasteiger partial charge in [-0.2, -0.15) is 0 Å². The summed E-state index contributed by atoms with van der Waals surface area (Å²) in [6, 6.07) is 13.8. The van der Waals surface area contributed by atoms with Crippen LogP contribution >= 0.6 is 23.8 Å². The number of hydrogen-bond donors (Lipinski definition) is 2. The maximum absolute atomic E-state index is 12.7. The lowest BCUT2D eigenvalue weighted by atomic mass is 10.0. The number of fused-ring (bicyclic) bond motifs is 1. The molecule has 1 heterocycles. The standard InChI is InChI=1S/C22H24ClN3OS/c1-4-24-22(28)26(12-16-6-9-19(23)10-7-16)13-18-11-17-8-5-14(2)15(3)20(17)25-21(18)27/h5-11H,4,12-13H2,1-3H3,(H,24,28)(H,25,27). The molecule has 1 aromatic heterocycles. The molecule has 0 aliphatic heterocycles. The van der Waals surface area contributed by atoms with E-state index in [0.717, 1.165) is 34.1 Å². The van der Waals surface area contributed by atoms with Crippen LogP contribution in [0.25, 0.3) is 10.9 Å². The van der Waals surface area contributed by atoms with Crippen LogP contribution in [0.4, 0.5) is 0 Å². The van der Waals surface area contributed by atoms with Crippen molar-refractivity contribution in [1.29, 1.82) is 0 Å². The van der Waals surface area contributed by atoms with E-state index in [2.05, 4.69) is 16.4 Å². The fraction of sp³-hybridized carbons (Fsp3) is 0.273. The number of aromatic amines is 1. The highest BCUT2D eigenvalue weighted by molar-refractivity contribution is 7.80. The Hall–Kier alpha value is -2.37. The highest BCUT2D eigenvalue weighted by atomic mass is 35.5. The minimum absolute atomic E-state index is 0.0818. The summed E-state index contributed by atoms with van der Waals surface area (Å²) < 4.78 is 0. The van der Waals surface area contributed by atoms with Gasteiger partial charge in [-0.05, 0) is 73.3 Å². The predicted molar refractivity (Wildman–Crippen MR) is 121 cm³/mol. The molecule has 3 aromatic rings. The van der Waals surface area contributed by atoms with E-state index in [9.17, 15) is 4.79 Å². The summed E-state index contributed by atoms with van der Waals surface area (Å²) in [5, 5.41) is 5.53. The molecule has 0 radical (unpaired) electrons. The molecular weight excluding hydrogens is 390 g/mol. The summed E-state index contributed by atoms with van der Waals surface area (Å²) in [7, 11) is 0. The molecule has 0 aliphatic rings. The zero-order valence-corrected chi connectivity index (χ0v) is 17.9. The molecule has 6 heteroatoms. The topological polar surface area (TPSA) is 48.1 Å². The van der Waals surface area contributed by atoms with E-state index in [4.69, 9.17) is 23.8 Å². The lowest BCUT2D eigenvalue weighted by Gasteiger charge is -2.26. The van der Waals surface area contributed by atoms with E-state index in [1.54, 1.807) is 0 Å². The molecule has 0 saturated heterocycles. The lowest BCUT2D eigenvalue weighted by Crippen LogP contribution is -2.39. The summed E-state index contributed by atoms with van der Waals surface area (Å²) in [6.45, 7) is 7.81. The number of nitrogens with one attached hydrogen (secondary N) is 2. The summed E-state index contributed by atoms with van der Waals surface area (Å²) >= 11 is 11.5. The third-order valence-corrected chi connectivity index (χ3v) is 5.55. The van der Waals surface area contributed by atoms with Gasteiger partial charge in [0.25, 0.3) is 5.56 Å². The minimum Gasteiger partial charge on any atom is -0.363 e. The van der Waals surface area contributed by atoms with E-state index >= 15 is 0 Å². The number of aryl methyl sites for hydroxylation is 2. The monoisotopic (exact) mass is 413 g/mol.